The number of nitrogens with one attached hydrogen (secondary N) is 1. The summed E-state index contributed by atoms with van der Waals surface area (Å²) in [4.78, 5) is 12.8. The van der Waals surface area contributed by atoms with Crippen molar-refractivity contribution in [3.05, 3.63) is 89.4 Å². The average Bonchev–Trinajstić information content (AvgIpc) is 2.68. The van der Waals surface area contributed by atoms with Gasteiger partial charge in [0.15, 0.2) is 0 Å². The van der Waals surface area contributed by atoms with Crippen molar-refractivity contribution in [2.24, 2.45) is 0 Å². The molecule has 0 unspecified atom stereocenters. The van der Waals surface area contributed by atoms with Crippen molar-refractivity contribution in [3.63, 3.8) is 0 Å². The molecule has 3 aromatic rings. The van der Waals surface area contributed by atoms with E-state index >= 15 is 0 Å². The third-order valence-corrected chi connectivity index (χ3v) is 6.16. The molecule has 3 aromatic carbocycles. The lowest BCUT2D eigenvalue weighted by Crippen LogP contribution is -2.38. The molecule has 28 heavy (non-hydrogen) atoms. The Hall–Kier alpha value is -2.83. The van der Waals surface area contributed by atoms with Crippen LogP contribution in [0.5, 0.6) is 0 Å². The fraction of sp³-hybridized carbons (Fsp3) is 0.0952. The Morgan fingerprint density at radius 3 is 2.32 bits per heavy atom. The van der Waals surface area contributed by atoms with Gasteiger partial charge in [-0.3, -0.25) is 9.10 Å². The summed E-state index contributed by atoms with van der Waals surface area (Å²) in [5.74, 6) is -0.450. The number of nitrogens with zero attached hydrogens (tertiary/aromatic N) is 1. The molecule has 7 heteroatoms. The first-order valence-electron chi connectivity index (χ1n) is 8.57. The van der Waals surface area contributed by atoms with Crippen molar-refractivity contribution in [1.29, 1.82) is 0 Å². The molecule has 1 amide bonds. The minimum atomic E-state index is -3.95. The van der Waals surface area contributed by atoms with Crippen LogP contribution in [0.1, 0.15) is 5.56 Å². The van der Waals surface area contributed by atoms with Gasteiger partial charge in [-0.1, -0.05) is 54.1 Å². The van der Waals surface area contributed by atoms with E-state index in [1.165, 1.54) is 18.2 Å². The van der Waals surface area contributed by atoms with Crippen LogP contribution < -0.4 is 9.62 Å². The first-order valence-corrected chi connectivity index (χ1v) is 10.4. The summed E-state index contributed by atoms with van der Waals surface area (Å²) in [6.07, 6.45) is 0. The van der Waals surface area contributed by atoms with Crippen molar-refractivity contribution < 1.29 is 13.2 Å². The van der Waals surface area contributed by atoms with E-state index in [2.05, 4.69) is 5.32 Å². The summed E-state index contributed by atoms with van der Waals surface area (Å²) in [7, 11) is -3.95. The van der Waals surface area contributed by atoms with Gasteiger partial charge in [0.2, 0.25) is 5.91 Å². The molecule has 0 spiro atoms. The van der Waals surface area contributed by atoms with Gasteiger partial charge in [0.05, 0.1) is 10.6 Å². The normalized spacial score (nSPS) is 11.1. The first-order chi connectivity index (χ1) is 13.4. The number of anilines is 2. The number of sulfonamides is 1. The minimum Gasteiger partial charge on any atom is -0.324 e. The Labute approximate surface area is 169 Å². The van der Waals surface area contributed by atoms with Crippen molar-refractivity contribution in [1.82, 2.24) is 0 Å². The summed E-state index contributed by atoms with van der Waals surface area (Å²) in [5, 5.41) is 3.15. The predicted octanol–water partition coefficient (Wildman–Crippen LogP) is 4.48. The average molecular weight is 415 g/mol. The van der Waals surface area contributed by atoms with Crippen LogP contribution in [0.4, 0.5) is 11.4 Å². The van der Waals surface area contributed by atoms with E-state index in [-0.39, 0.29) is 11.4 Å². The maximum Gasteiger partial charge on any atom is 0.264 e. The highest BCUT2D eigenvalue weighted by atomic mass is 35.5. The fourth-order valence-electron chi connectivity index (χ4n) is 2.70. The van der Waals surface area contributed by atoms with Gasteiger partial charge in [-0.05, 0) is 48.9 Å². The van der Waals surface area contributed by atoms with E-state index < -0.39 is 15.9 Å². The number of benzene rings is 3. The van der Waals surface area contributed by atoms with Crippen LogP contribution in [0.2, 0.25) is 5.02 Å². The van der Waals surface area contributed by atoms with Gasteiger partial charge >= 0.3 is 0 Å². The van der Waals surface area contributed by atoms with Crippen molar-refractivity contribution >= 4 is 38.9 Å². The summed E-state index contributed by atoms with van der Waals surface area (Å²) in [5.41, 5.74) is 1.84. The van der Waals surface area contributed by atoms with E-state index in [0.717, 1.165) is 9.87 Å². The second kappa shape index (κ2) is 8.46. The lowest BCUT2D eigenvalue weighted by Gasteiger charge is -2.24. The van der Waals surface area contributed by atoms with E-state index in [4.69, 9.17) is 11.6 Å². The van der Waals surface area contributed by atoms with Crippen LogP contribution in [0.25, 0.3) is 0 Å². The number of hydrogen-bond donors (Lipinski definition) is 1. The van der Waals surface area contributed by atoms with Crippen LogP contribution >= 0.6 is 11.6 Å². The topological polar surface area (TPSA) is 66.5 Å². The summed E-state index contributed by atoms with van der Waals surface area (Å²) < 4.78 is 27.5. The Bertz CT molecular complexity index is 1090. The van der Waals surface area contributed by atoms with Crippen LogP contribution in [0.3, 0.4) is 0 Å². The van der Waals surface area contributed by atoms with Gasteiger partial charge < -0.3 is 5.32 Å². The zero-order chi connectivity index (χ0) is 20.1. The lowest BCUT2D eigenvalue weighted by atomic mass is 10.2. The maximum atomic E-state index is 13.2. The second-order valence-electron chi connectivity index (χ2n) is 6.17. The summed E-state index contributed by atoms with van der Waals surface area (Å²) in [6.45, 7) is 1.48. The molecule has 5 nitrogen and oxygen atoms in total. The molecule has 0 heterocycles. The molecule has 144 valence electrons. The number of amides is 1. The van der Waals surface area contributed by atoms with Gasteiger partial charge in [-0.25, -0.2) is 8.42 Å². The number of rotatable bonds is 6. The van der Waals surface area contributed by atoms with Crippen molar-refractivity contribution in [2.75, 3.05) is 16.2 Å². The molecule has 0 bridgehead atoms. The van der Waals surface area contributed by atoms with E-state index in [0.29, 0.717) is 16.4 Å². The molecular formula is C21H19ClN2O3S. The lowest BCUT2D eigenvalue weighted by molar-refractivity contribution is -0.114. The van der Waals surface area contributed by atoms with Crippen LogP contribution in [-0.2, 0) is 14.8 Å². The molecule has 0 saturated carbocycles. The Morgan fingerprint density at radius 1 is 0.964 bits per heavy atom. The van der Waals surface area contributed by atoms with Crippen LogP contribution in [0.15, 0.2) is 83.8 Å². The third kappa shape index (κ3) is 4.52. The molecule has 0 aromatic heterocycles. The molecular weight excluding hydrogens is 396 g/mol. The number of carbonyl (C=O) groups is 1. The predicted molar refractivity (Wildman–Crippen MR) is 112 cm³/mol. The Balaban J connectivity index is 1.95. The quantitative estimate of drug-likeness (QED) is 0.646. The molecule has 0 saturated heterocycles. The number of hydrogen-bond acceptors (Lipinski definition) is 3. The van der Waals surface area contributed by atoms with Gasteiger partial charge in [-0.2, -0.15) is 0 Å². The molecule has 0 aliphatic rings. The van der Waals surface area contributed by atoms with Crippen LogP contribution in [0, 0.1) is 6.92 Å². The smallest absolute Gasteiger partial charge is 0.264 e. The molecule has 0 atom stereocenters. The van der Waals surface area contributed by atoms with Gasteiger partial charge in [0, 0.05) is 10.7 Å². The van der Waals surface area contributed by atoms with E-state index in [1.54, 1.807) is 48.5 Å². The SMILES string of the molecule is Cc1ccccc1NC(=O)CN(c1cccc(Cl)c1)S(=O)(=O)c1ccccc1. The minimum absolute atomic E-state index is 0.0960. The molecule has 0 aliphatic heterocycles. The van der Waals surface area contributed by atoms with Gasteiger partial charge in [-0.15, -0.1) is 0 Å². The molecule has 0 fully saturated rings. The van der Waals surface area contributed by atoms with Gasteiger partial charge in [0.25, 0.3) is 10.0 Å². The Morgan fingerprint density at radius 2 is 1.64 bits per heavy atom. The molecule has 0 aliphatic carbocycles. The first kappa shape index (κ1) is 19.9. The fourth-order valence-corrected chi connectivity index (χ4v) is 4.32. The number of para-hydroxylation sites is 1. The van der Waals surface area contributed by atoms with Crippen LogP contribution in [-0.4, -0.2) is 20.9 Å². The van der Waals surface area contributed by atoms with Gasteiger partial charge in [0.1, 0.15) is 6.54 Å². The molecule has 0 radical (unpaired) electrons. The zero-order valence-electron chi connectivity index (χ0n) is 15.2. The second-order valence-corrected chi connectivity index (χ2v) is 8.47. The van der Waals surface area contributed by atoms with E-state index in [1.807, 2.05) is 19.1 Å². The largest absolute Gasteiger partial charge is 0.324 e. The number of halogens is 1. The number of carbonyl (C=O) groups excluding carboxylic acids is 1. The maximum absolute atomic E-state index is 13.2. The van der Waals surface area contributed by atoms with Crippen molar-refractivity contribution in [2.45, 2.75) is 11.8 Å². The highest BCUT2D eigenvalue weighted by molar-refractivity contribution is 7.92. The summed E-state index contributed by atoms with van der Waals surface area (Å²) in [6, 6.07) is 21.7. The Kier molecular flexibility index (Phi) is 6.02. The number of aryl methyl sites for hydroxylation is 1. The molecule has 1 N–H and O–H groups in total. The molecule has 3 rings (SSSR count). The zero-order valence-corrected chi connectivity index (χ0v) is 16.7. The standard InChI is InChI=1S/C21H19ClN2O3S/c1-16-8-5-6-13-20(16)23-21(25)15-24(18-10-7-9-17(22)14-18)28(26,27)19-11-3-2-4-12-19/h2-14H,15H2,1H3,(H,23,25). The third-order valence-electron chi connectivity index (χ3n) is 4.13. The van der Waals surface area contributed by atoms with E-state index in [9.17, 15) is 13.2 Å². The highest BCUT2D eigenvalue weighted by Crippen LogP contribution is 2.26. The highest BCUT2D eigenvalue weighted by Gasteiger charge is 2.27. The monoisotopic (exact) mass is 414 g/mol. The summed E-state index contributed by atoms with van der Waals surface area (Å²) >= 11 is 6.05. The van der Waals surface area contributed by atoms with Crippen molar-refractivity contribution in [3.8, 4) is 0 Å².